The summed E-state index contributed by atoms with van der Waals surface area (Å²) in [5, 5.41) is 0.586. The van der Waals surface area contributed by atoms with Crippen molar-refractivity contribution in [1.29, 1.82) is 0 Å². The third-order valence-electron chi connectivity index (χ3n) is 2.65. The second kappa shape index (κ2) is 6.53. The number of anilines is 1. The van der Waals surface area contributed by atoms with E-state index in [1.54, 1.807) is 0 Å². The van der Waals surface area contributed by atoms with Crippen molar-refractivity contribution in [2.75, 3.05) is 4.72 Å². The topological polar surface area (TPSA) is 101 Å². The number of nitrogens with two attached hydrogens (primary N) is 1. The highest BCUT2D eigenvalue weighted by Crippen LogP contribution is 2.24. The largest absolute Gasteiger partial charge is 0.290 e. The molecule has 0 aliphatic rings. The van der Waals surface area contributed by atoms with Gasteiger partial charge in [-0.2, -0.15) is 0 Å². The molecular formula is C13H11Cl2N3O3S. The minimum Gasteiger partial charge on any atom is -0.290 e. The van der Waals surface area contributed by atoms with Crippen molar-refractivity contribution in [3.8, 4) is 0 Å². The zero-order chi connectivity index (χ0) is 16.3. The molecule has 0 aliphatic heterocycles. The second-order valence-electron chi connectivity index (χ2n) is 4.26. The van der Waals surface area contributed by atoms with Crippen LogP contribution in [0.4, 0.5) is 5.69 Å². The maximum absolute atomic E-state index is 12.3. The molecule has 0 heterocycles. The van der Waals surface area contributed by atoms with Gasteiger partial charge in [0.05, 0.1) is 10.6 Å². The van der Waals surface area contributed by atoms with E-state index in [0.29, 0.717) is 10.0 Å². The smallest absolute Gasteiger partial charge is 0.265 e. The quantitative estimate of drug-likeness (QED) is 0.443. The van der Waals surface area contributed by atoms with Gasteiger partial charge in [0.1, 0.15) is 0 Å². The van der Waals surface area contributed by atoms with Crippen LogP contribution in [-0.2, 0) is 10.0 Å². The van der Waals surface area contributed by atoms with Crippen LogP contribution >= 0.6 is 23.2 Å². The van der Waals surface area contributed by atoms with E-state index >= 15 is 0 Å². The summed E-state index contributed by atoms with van der Waals surface area (Å²) in [6.07, 6.45) is 0. The number of sulfonamides is 1. The summed E-state index contributed by atoms with van der Waals surface area (Å²) in [7, 11) is -3.90. The molecule has 2 aromatic rings. The molecule has 0 fully saturated rings. The van der Waals surface area contributed by atoms with Gasteiger partial charge in [-0.1, -0.05) is 29.3 Å². The van der Waals surface area contributed by atoms with Crippen molar-refractivity contribution in [1.82, 2.24) is 5.43 Å². The zero-order valence-electron chi connectivity index (χ0n) is 11.0. The fourth-order valence-electron chi connectivity index (χ4n) is 1.71. The molecule has 22 heavy (non-hydrogen) atoms. The standard InChI is InChI=1S/C13H11Cl2N3O3S/c14-9-5-10(15)7-11(6-9)18-22(20,21)12-3-1-2-8(4-12)13(19)17-16/h1-7,18H,16H2,(H,17,19). The molecule has 1 amide bonds. The number of amides is 1. The van der Waals surface area contributed by atoms with E-state index < -0.39 is 15.9 Å². The fraction of sp³-hybridized carbons (Fsp3) is 0. The van der Waals surface area contributed by atoms with E-state index in [2.05, 4.69) is 4.72 Å². The Morgan fingerprint density at radius 1 is 1.05 bits per heavy atom. The number of carbonyl (C=O) groups excluding carboxylic acids is 1. The molecule has 6 nitrogen and oxygen atoms in total. The number of hydrogen-bond donors (Lipinski definition) is 3. The summed E-state index contributed by atoms with van der Waals surface area (Å²) in [6, 6.07) is 9.75. The molecule has 0 unspecified atom stereocenters. The Bertz CT molecular complexity index is 805. The van der Waals surface area contributed by atoms with Gasteiger partial charge in [-0.25, -0.2) is 14.3 Å². The predicted molar refractivity (Wildman–Crippen MR) is 85.4 cm³/mol. The molecular weight excluding hydrogens is 349 g/mol. The molecule has 9 heteroatoms. The van der Waals surface area contributed by atoms with Gasteiger partial charge in [0.15, 0.2) is 0 Å². The van der Waals surface area contributed by atoms with Crippen LogP contribution in [-0.4, -0.2) is 14.3 Å². The van der Waals surface area contributed by atoms with E-state index in [1.165, 1.54) is 42.5 Å². The Morgan fingerprint density at radius 3 is 2.27 bits per heavy atom. The summed E-state index contributed by atoms with van der Waals surface area (Å²) >= 11 is 11.6. The molecule has 2 rings (SSSR count). The Balaban J connectivity index is 2.36. The van der Waals surface area contributed by atoms with E-state index in [0.717, 1.165) is 0 Å². The van der Waals surface area contributed by atoms with Crippen LogP contribution < -0.4 is 16.0 Å². The first-order chi connectivity index (χ1) is 10.3. The highest BCUT2D eigenvalue weighted by Gasteiger charge is 2.16. The van der Waals surface area contributed by atoms with E-state index in [-0.39, 0.29) is 16.1 Å². The Kier molecular flexibility index (Phi) is 4.92. The van der Waals surface area contributed by atoms with Crippen molar-refractivity contribution in [2.24, 2.45) is 5.84 Å². The summed E-state index contributed by atoms with van der Waals surface area (Å²) in [4.78, 5) is 11.4. The first kappa shape index (κ1) is 16.6. The third-order valence-corrected chi connectivity index (χ3v) is 4.47. The van der Waals surface area contributed by atoms with Crippen LogP contribution in [0.25, 0.3) is 0 Å². The fourth-order valence-corrected chi connectivity index (χ4v) is 3.33. The molecule has 0 aliphatic carbocycles. The van der Waals surface area contributed by atoms with Crippen molar-refractivity contribution in [3.05, 3.63) is 58.1 Å². The highest BCUT2D eigenvalue weighted by atomic mass is 35.5. The van der Waals surface area contributed by atoms with E-state index in [4.69, 9.17) is 29.0 Å². The van der Waals surface area contributed by atoms with Crippen LogP contribution in [0.2, 0.25) is 10.0 Å². The van der Waals surface area contributed by atoms with Gasteiger partial charge < -0.3 is 0 Å². The average Bonchev–Trinajstić information content (AvgIpc) is 2.45. The van der Waals surface area contributed by atoms with Crippen molar-refractivity contribution < 1.29 is 13.2 Å². The number of hydrogen-bond acceptors (Lipinski definition) is 4. The number of nitrogen functional groups attached to an aromatic ring is 1. The molecule has 2 aromatic carbocycles. The molecule has 116 valence electrons. The Hall–Kier alpha value is -1.80. The van der Waals surface area contributed by atoms with Gasteiger partial charge in [-0.3, -0.25) is 14.9 Å². The third kappa shape index (κ3) is 3.89. The van der Waals surface area contributed by atoms with Crippen molar-refractivity contribution in [3.63, 3.8) is 0 Å². The lowest BCUT2D eigenvalue weighted by Gasteiger charge is -2.10. The molecule has 0 bridgehead atoms. The van der Waals surface area contributed by atoms with Gasteiger partial charge in [0, 0.05) is 15.6 Å². The highest BCUT2D eigenvalue weighted by molar-refractivity contribution is 7.92. The number of nitrogens with one attached hydrogen (secondary N) is 2. The SMILES string of the molecule is NNC(=O)c1cccc(S(=O)(=O)Nc2cc(Cl)cc(Cl)c2)c1. The number of carbonyl (C=O) groups is 1. The molecule has 0 saturated heterocycles. The average molecular weight is 360 g/mol. The molecule has 0 spiro atoms. The summed E-state index contributed by atoms with van der Waals surface area (Å²) in [6.45, 7) is 0. The number of rotatable bonds is 4. The van der Waals surface area contributed by atoms with Gasteiger partial charge in [0.25, 0.3) is 15.9 Å². The number of benzene rings is 2. The maximum atomic E-state index is 12.3. The van der Waals surface area contributed by atoms with Crippen LogP contribution in [0.5, 0.6) is 0 Å². The zero-order valence-corrected chi connectivity index (χ0v) is 13.3. The van der Waals surface area contributed by atoms with Crippen LogP contribution in [0.3, 0.4) is 0 Å². The lowest BCUT2D eigenvalue weighted by molar-refractivity contribution is 0.0953. The molecule has 0 saturated carbocycles. The number of halogens is 2. The van der Waals surface area contributed by atoms with Crippen LogP contribution in [0.15, 0.2) is 47.4 Å². The van der Waals surface area contributed by atoms with E-state index in [9.17, 15) is 13.2 Å². The Labute approximate surface area is 137 Å². The summed E-state index contributed by atoms with van der Waals surface area (Å²) in [5.74, 6) is 4.43. The molecule has 0 radical (unpaired) electrons. The predicted octanol–water partition coefficient (Wildman–Crippen LogP) is 2.40. The maximum Gasteiger partial charge on any atom is 0.265 e. The first-order valence-electron chi connectivity index (χ1n) is 5.92. The minimum absolute atomic E-state index is 0.0929. The lowest BCUT2D eigenvalue weighted by atomic mass is 10.2. The normalized spacial score (nSPS) is 11.0. The van der Waals surface area contributed by atoms with Gasteiger partial charge in [-0.05, 0) is 36.4 Å². The number of hydrazine groups is 1. The molecule has 0 aromatic heterocycles. The van der Waals surface area contributed by atoms with Gasteiger partial charge in [-0.15, -0.1) is 0 Å². The van der Waals surface area contributed by atoms with Crippen molar-refractivity contribution in [2.45, 2.75) is 4.90 Å². The van der Waals surface area contributed by atoms with Gasteiger partial charge >= 0.3 is 0 Å². The van der Waals surface area contributed by atoms with E-state index in [1.807, 2.05) is 5.43 Å². The monoisotopic (exact) mass is 359 g/mol. The summed E-state index contributed by atoms with van der Waals surface area (Å²) < 4.78 is 27.0. The molecule has 4 N–H and O–H groups in total. The van der Waals surface area contributed by atoms with Crippen LogP contribution in [0, 0.1) is 0 Å². The molecule has 0 atom stereocenters. The lowest BCUT2D eigenvalue weighted by Crippen LogP contribution is -2.30. The summed E-state index contributed by atoms with van der Waals surface area (Å²) in [5.41, 5.74) is 2.27. The minimum atomic E-state index is -3.90. The van der Waals surface area contributed by atoms with Gasteiger partial charge in [0.2, 0.25) is 0 Å². The first-order valence-corrected chi connectivity index (χ1v) is 8.15. The van der Waals surface area contributed by atoms with Crippen LogP contribution in [0.1, 0.15) is 10.4 Å². The second-order valence-corrected chi connectivity index (χ2v) is 6.82. The Morgan fingerprint density at radius 2 is 1.68 bits per heavy atom. The van der Waals surface area contributed by atoms with Crippen molar-refractivity contribution >= 4 is 44.8 Å².